The second-order valence-electron chi connectivity index (χ2n) is 6.18. The zero-order valence-electron chi connectivity index (χ0n) is 14.9. The molecule has 1 aliphatic heterocycles. The molecule has 0 bridgehead atoms. The predicted molar refractivity (Wildman–Crippen MR) is 104 cm³/mol. The number of carbonyl (C=O) groups is 2. The second kappa shape index (κ2) is 7.00. The third-order valence-electron chi connectivity index (χ3n) is 4.46. The lowest BCUT2D eigenvalue weighted by Gasteiger charge is -2.15. The highest BCUT2D eigenvalue weighted by Gasteiger charge is 2.40. The van der Waals surface area contributed by atoms with Crippen molar-refractivity contribution >= 4 is 40.2 Å². The first kappa shape index (κ1) is 17.5. The molecule has 27 heavy (non-hydrogen) atoms. The number of imide groups is 1. The van der Waals surface area contributed by atoms with E-state index in [0.717, 1.165) is 16.6 Å². The van der Waals surface area contributed by atoms with Gasteiger partial charge in [0, 0.05) is 17.5 Å². The molecule has 1 fully saturated rings. The molecule has 2 heterocycles. The summed E-state index contributed by atoms with van der Waals surface area (Å²) in [6.45, 7) is 1.92. The first-order chi connectivity index (χ1) is 13.1. The Morgan fingerprint density at radius 1 is 1.07 bits per heavy atom. The highest BCUT2D eigenvalue weighted by molar-refractivity contribution is 8.00. The lowest BCUT2D eigenvalue weighted by atomic mass is 10.2. The van der Waals surface area contributed by atoms with Crippen molar-refractivity contribution in [1.82, 2.24) is 9.97 Å². The predicted octanol–water partition coefficient (Wildman–Crippen LogP) is 3.37. The Bertz CT molecular complexity index is 1040. The van der Waals surface area contributed by atoms with E-state index in [2.05, 4.69) is 9.97 Å². The summed E-state index contributed by atoms with van der Waals surface area (Å²) in [6, 6.07) is 14.6. The number of para-hydroxylation sites is 1. The number of hydrogen-bond acceptors (Lipinski definition) is 6. The SMILES string of the molecule is COc1ccc(N2C(=O)C[C@@H](Sc3nc(C)c4ccccc4n3)C2=O)cc1. The highest BCUT2D eigenvalue weighted by atomic mass is 32.2. The zero-order chi connectivity index (χ0) is 19.0. The lowest BCUT2D eigenvalue weighted by molar-refractivity contribution is -0.121. The summed E-state index contributed by atoms with van der Waals surface area (Å²) in [4.78, 5) is 35.5. The van der Waals surface area contributed by atoms with Crippen molar-refractivity contribution in [2.24, 2.45) is 0 Å². The van der Waals surface area contributed by atoms with Crippen molar-refractivity contribution in [1.29, 1.82) is 0 Å². The summed E-state index contributed by atoms with van der Waals surface area (Å²) in [5, 5.41) is 0.963. The van der Waals surface area contributed by atoms with E-state index in [1.165, 1.54) is 16.7 Å². The molecule has 136 valence electrons. The van der Waals surface area contributed by atoms with Crippen molar-refractivity contribution in [3.8, 4) is 5.75 Å². The Hall–Kier alpha value is -2.93. The third kappa shape index (κ3) is 3.26. The number of hydrogen-bond donors (Lipinski definition) is 0. The van der Waals surface area contributed by atoms with Crippen LogP contribution in [0.1, 0.15) is 12.1 Å². The number of thioether (sulfide) groups is 1. The monoisotopic (exact) mass is 379 g/mol. The van der Waals surface area contributed by atoms with Gasteiger partial charge in [-0.1, -0.05) is 30.0 Å². The summed E-state index contributed by atoms with van der Waals surface area (Å²) in [5.41, 5.74) is 2.23. The van der Waals surface area contributed by atoms with E-state index >= 15 is 0 Å². The number of amides is 2. The summed E-state index contributed by atoms with van der Waals surface area (Å²) < 4.78 is 5.12. The van der Waals surface area contributed by atoms with Crippen molar-refractivity contribution in [3.05, 3.63) is 54.2 Å². The van der Waals surface area contributed by atoms with Gasteiger partial charge in [0.15, 0.2) is 5.16 Å². The largest absolute Gasteiger partial charge is 0.497 e. The summed E-state index contributed by atoms with van der Waals surface area (Å²) in [6.07, 6.45) is 0.130. The normalized spacial score (nSPS) is 17.0. The molecule has 0 aliphatic carbocycles. The smallest absolute Gasteiger partial charge is 0.247 e. The van der Waals surface area contributed by atoms with Crippen LogP contribution in [-0.2, 0) is 9.59 Å². The van der Waals surface area contributed by atoms with Crippen molar-refractivity contribution in [2.45, 2.75) is 23.8 Å². The third-order valence-corrected chi connectivity index (χ3v) is 5.50. The van der Waals surface area contributed by atoms with Crippen LogP contribution in [0.3, 0.4) is 0 Å². The van der Waals surface area contributed by atoms with Crippen LogP contribution in [0.5, 0.6) is 5.75 Å². The minimum absolute atomic E-state index is 0.130. The molecule has 4 rings (SSSR count). The Kier molecular flexibility index (Phi) is 4.53. The average Bonchev–Trinajstić information content (AvgIpc) is 2.95. The number of aryl methyl sites for hydroxylation is 1. The number of carbonyl (C=O) groups excluding carboxylic acids is 2. The van der Waals surface area contributed by atoms with E-state index in [1.807, 2.05) is 31.2 Å². The van der Waals surface area contributed by atoms with E-state index in [9.17, 15) is 9.59 Å². The fraction of sp³-hybridized carbons (Fsp3) is 0.200. The first-order valence-corrected chi connectivity index (χ1v) is 9.35. The van der Waals surface area contributed by atoms with E-state index < -0.39 is 5.25 Å². The number of benzene rings is 2. The van der Waals surface area contributed by atoms with Crippen LogP contribution >= 0.6 is 11.8 Å². The fourth-order valence-electron chi connectivity index (χ4n) is 3.09. The van der Waals surface area contributed by atoms with Crippen LogP contribution < -0.4 is 9.64 Å². The van der Waals surface area contributed by atoms with Gasteiger partial charge in [-0.05, 0) is 37.3 Å². The van der Waals surface area contributed by atoms with Gasteiger partial charge in [0.05, 0.1) is 18.3 Å². The number of nitrogens with zero attached hydrogens (tertiary/aromatic N) is 3. The van der Waals surface area contributed by atoms with E-state index in [1.54, 1.807) is 31.4 Å². The van der Waals surface area contributed by atoms with Gasteiger partial charge in [0.25, 0.3) is 0 Å². The molecule has 0 N–H and O–H groups in total. The van der Waals surface area contributed by atoms with Gasteiger partial charge >= 0.3 is 0 Å². The summed E-state index contributed by atoms with van der Waals surface area (Å²) in [5.74, 6) is 0.202. The number of anilines is 1. The maximum Gasteiger partial charge on any atom is 0.247 e. The van der Waals surface area contributed by atoms with Crippen molar-refractivity contribution in [3.63, 3.8) is 0 Å². The highest BCUT2D eigenvalue weighted by Crippen LogP contribution is 2.33. The molecule has 0 unspecified atom stereocenters. The number of fused-ring (bicyclic) bond motifs is 1. The molecule has 1 aliphatic rings. The van der Waals surface area contributed by atoms with Crippen LogP contribution in [-0.4, -0.2) is 34.1 Å². The molecule has 1 atom stereocenters. The first-order valence-electron chi connectivity index (χ1n) is 8.47. The maximum atomic E-state index is 12.8. The van der Waals surface area contributed by atoms with Gasteiger partial charge in [0.1, 0.15) is 11.0 Å². The second-order valence-corrected chi connectivity index (χ2v) is 7.35. The minimum Gasteiger partial charge on any atom is -0.497 e. The Labute approximate surface area is 160 Å². The van der Waals surface area contributed by atoms with Gasteiger partial charge in [-0.15, -0.1) is 0 Å². The maximum absolute atomic E-state index is 12.8. The topological polar surface area (TPSA) is 72.4 Å². The number of rotatable bonds is 4. The molecule has 3 aromatic rings. The number of methoxy groups -OCH3 is 1. The fourth-order valence-corrected chi connectivity index (χ4v) is 4.11. The van der Waals surface area contributed by atoms with Gasteiger partial charge in [-0.25, -0.2) is 14.9 Å². The molecule has 1 saturated heterocycles. The van der Waals surface area contributed by atoms with Gasteiger partial charge < -0.3 is 4.74 Å². The molecule has 0 radical (unpaired) electrons. The molecule has 6 nitrogen and oxygen atoms in total. The molecule has 2 amide bonds. The van der Waals surface area contributed by atoms with Crippen LogP contribution in [0.2, 0.25) is 0 Å². The Morgan fingerprint density at radius 2 is 1.81 bits per heavy atom. The Morgan fingerprint density at radius 3 is 2.56 bits per heavy atom. The lowest BCUT2D eigenvalue weighted by Crippen LogP contribution is -2.31. The number of aromatic nitrogens is 2. The zero-order valence-corrected chi connectivity index (χ0v) is 15.7. The molecule has 0 spiro atoms. The summed E-state index contributed by atoms with van der Waals surface area (Å²) >= 11 is 1.24. The average molecular weight is 379 g/mol. The van der Waals surface area contributed by atoms with E-state index in [4.69, 9.17) is 4.74 Å². The molecule has 2 aromatic carbocycles. The quantitative estimate of drug-likeness (QED) is 0.511. The molecular formula is C20H17N3O3S. The van der Waals surface area contributed by atoms with Gasteiger partial charge in [0.2, 0.25) is 11.8 Å². The minimum atomic E-state index is -0.528. The molecule has 7 heteroatoms. The van der Waals surface area contributed by atoms with Gasteiger partial charge in [-0.2, -0.15) is 0 Å². The van der Waals surface area contributed by atoms with Crippen molar-refractivity contribution in [2.75, 3.05) is 12.0 Å². The van der Waals surface area contributed by atoms with Gasteiger partial charge in [-0.3, -0.25) is 9.59 Å². The molecular weight excluding hydrogens is 362 g/mol. The van der Waals surface area contributed by atoms with Crippen LogP contribution in [0, 0.1) is 6.92 Å². The number of ether oxygens (including phenoxy) is 1. The molecule has 0 saturated carbocycles. The molecule has 1 aromatic heterocycles. The van der Waals surface area contributed by atoms with E-state index in [-0.39, 0.29) is 18.2 Å². The Balaban J connectivity index is 1.58. The van der Waals surface area contributed by atoms with Crippen molar-refractivity contribution < 1.29 is 14.3 Å². The van der Waals surface area contributed by atoms with Crippen LogP contribution in [0.4, 0.5) is 5.69 Å². The standard InChI is InChI=1S/C20H17N3O3S/c1-12-15-5-3-4-6-16(15)22-20(21-12)27-17-11-18(24)23(19(17)25)13-7-9-14(26-2)10-8-13/h3-10,17H,11H2,1-2H3/t17-/m1/s1. The van der Waals surface area contributed by atoms with Crippen LogP contribution in [0.15, 0.2) is 53.7 Å². The van der Waals surface area contributed by atoms with E-state index in [0.29, 0.717) is 16.6 Å². The van der Waals surface area contributed by atoms with Crippen LogP contribution in [0.25, 0.3) is 10.9 Å². The summed E-state index contributed by atoms with van der Waals surface area (Å²) in [7, 11) is 1.57.